The quantitative estimate of drug-likeness (QED) is 0.799. The summed E-state index contributed by atoms with van der Waals surface area (Å²) in [7, 11) is 0. The Kier molecular flexibility index (Phi) is 4.65. The smallest absolute Gasteiger partial charge is 0.358 e. The number of esters is 1. The number of carbonyl (C=O) groups is 2. The molecule has 0 unspecified atom stereocenters. The summed E-state index contributed by atoms with van der Waals surface area (Å²) >= 11 is 0. The Morgan fingerprint density at radius 1 is 1.39 bits per heavy atom. The summed E-state index contributed by atoms with van der Waals surface area (Å²) in [5, 5.41) is 8.94. The SMILES string of the molecule is Cc1ccc(OCC(=O)OC(C)C)c(C(=O)O)n1. The number of aromatic nitrogens is 1. The average molecular weight is 253 g/mol. The Labute approximate surface area is 105 Å². The lowest BCUT2D eigenvalue weighted by Gasteiger charge is -2.10. The van der Waals surface area contributed by atoms with Gasteiger partial charge in [-0.1, -0.05) is 0 Å². The van der Waals surface area contributed by atoms with Gasteiger partial charge in [-0.15, -0.1) is 0 Å². The van der Waals surface area contributed by atoms with Crippen LogP contribution in [-0.2, 0) is 9.53 Å². The zero-order chi connectivity index (χ0) is 13.7. The first-order chi connectivity index (χ1) is 8.40. The van der Waals surface area contributed by atoms with Gasteiger partial charge in [-0.3, -0.25) is 0 Å². The minimum Gasteiger partial charge on any atom is -0.479 e. The predicted octanol–water partition coefficient (Wildman–Crippen LogP) is 1.42. The van der Waals surface area contributed by atoms with Crippen molar-refractivity contribution < 1.29 is 24.2 Å². The number of rotatable bonds is 5. The van der Waals surface area contributed by atoms with Crippen LogP contribution in [0, 0.1) is 6.92 Å². The summed E-state index contributed by atoms with van der Waals surface area (Å²) in [5.41, 5.74) is 0.344. The van der Waals surface area contributed by atoms with Crippen LogP contribution in [0.1, 0.15) is 30.0 Å². The Hall–Kier alpha value is -2.11. The van der Waals surface area contributed by atoms with Crippen LogP contribution in [-0.4, -0.2) is 34.7 Å². The van der Waals surface area contributed by atoms with Gasteiger partial charge >= 0.3 is 11.9 Å². The van der Waals surface area contributed by atoms with Crippen LogP contribution >= 0.6 is 0 Å². The van der Waals surface area contributed by atoms with Crippen LogP contribution in [0.5, 0.6) is 5.75 Å². The van der Waals surface area contributed by atoms with E-state index in [9.17, 15) is 9.59 Å². The second-order valence-electron chi connectivity index (χ2n) is 3.93. The summed E-state index contributed by atoms with van der Waals surface area (Å²) in [5.74, 6) is -1.71. The summed E-state index contributed by atoms with van der Waals surface area (Å²) in [6, 6.07) is 3.07. The zero-order valence-corrected chi connectivity index (χ0v) is 10.5. The van der Waals surface area contributed by atoms with Crippen molar-refractivity contribution in [1.29, 1.82) is 0 Å². The minimum absolute atomic E-state index is 0.0498. The highest BCUT2D eigenvalue weighted by Gasteiger charge is 2.15. The standard InChI is InChI=1S/C12H15NO5/c1-7(2)18-10(14)6-17-9-5-4-8(3)13-11(9)12(15)16/h4-5,7H,6H2,1-3H3,(H,15,16). The van der Waals surface area contributed by atoms with Crippen LogP contribution in [0.3, 0.4) is 0 Å². The summed E-state index contributed by atoms with van der Waals surface area (Å²) in [4.78, 5) is 26.0. The molecule has 0 aromatic carbocycles. The van der Waals surface area contributed by atoms with E-state index in [-0.39, 0.29) is 24.2 Å². The molecule has 0 atom stereocenters. The van der Waals surface area contributed by atoms with E-state index in [4.69, 9.17) is 14.6 Å². The van der Waals surface area contributed by atoms with Crippen molar-refractivity contribution in [3.63, 3.8) is 0 Å². The Bertz CT molecular complexity index is 456. The fourth-order valence-corrected chi connectivity index (χ4v) is 1.25. The number of nitrogens with zero attached hydrogens (tertiary/aromatic N) is 1. The van der Waals surface area contributed by atoms with E-state index in [2.05, 4.69) is 4.98 Å². The van der Waals surface area contributed by atoms with Gasteiger partial charge in [0.2, 0.25) is 0 Å². The van der Waals surface area contributed by atoms with Gasteiger partial charge < -0.3 is 14.6 Å². The van der Waals surface area contributed by atoms with Crippen molar-refractivity contribution in [2.24, 2.45) is 0 Å². The van der Waals surface area contributed by atoms with Crippen LogP contribution < -0.4 is 4.74 Å². The fourth-order valence-electron chi connectivity index (χ4n) is 1.25. The molecule has 1 heterocycles. The molecule has 0 saturated heterocycles. The fraction of sp³-hybridized carbons (Fsp3) is 0.417. The lowest BCUT2D eigenvalue weighted by atomic mass is 10.3. The number of carbonyl (C=O) groups excluding carboxylic acids is 1. The number of pyridine rings is 1. The number of carboxylic acids is 1. The highest BCUT2D eigenvalue weighted by molar-refractivity contribution is 5.88. The van der Waals surface area contributed by atoms with Gasteiger partial charge in [0.15, 0.2) is 18.1 Å². The first-order valence-electron chi connectivity index (χ1n) is 5.43. The van der Waals surface area contributed by atoms with E-state index >= 15 is 0 Å². The first kappa shape index (κ1) is 14.0. The molecule has 1 N–H and O–H groups in total. The number of ether oxygens (including phenoxy) is 2. The van der Waals surface area contributed by atoms with Crippen molar-refractivity contribution in [1.82, 2.24) is 4.98 Å². The average Bonchev–Trinajstić information content (AvgIpc) is 2.26. The van der Waals surface area contributed by atoms with Crippen molar-refractivity contribution in [2.45, 2.75) is 26.9 Å². The molecule has 6 nitrogen and oxygen atoms in total. The van der Waals surface area contributed by atoms with Gasteiger partial charge in [-0.05, 0) is 32.9 Å². The van der Waals surface area contributed by atoms with Crippen LogP contribution in [0.15, 0.2) is 12.1 Å². The van der Waals surface area contributed by atoms with E-state index < -0.39 is 11.9 Å². The van der Waals surface area contributed by atoms with Gasteiger partial charge in [0, 0.05) is 5.69 Å². The number of aryl methyl sites for hydroxylation is 1. The first-order valence-corrected chi connectivity index (χ1v) is 5.43. The molecule has 6 heteroatoms. The van der Waals surface area contributed by atoms with Crippen LogP contribution in [0.2, 0.25) is 0 Å². The molecule has 0 amide bonds. The van der Waals surface area contributed by atoms with Crippen LogP contribution in [0.25, 0.3) is 0 Å². The molecule has 0 saturated carbocycles. The third-order valence-corrected chi connectivity index (χ3v) is 1.91. The second kappa shape index (κ2) is 6.00. The normalized spacial score (nSPS) is 10.2. The second-order valence-corrected chi connectivity index (χ2v) is 3.93. The third-order valence-electron chi connectivity index (χ3n) is 1.91. The summed E-state index contributed by atoms with van der Waals surface area (Å²) in [6.45, 7) is 4.76. The van der Waals surface area contributed by atoms with Gasteiger partial charge in [-0.25, -0.2) is 14.6 Å². The maximum absolute atomic E-state index is 11.3. The predicted molar refractivity (Wildman–Crippen MR) is 62.7 cm³/mol. The van der Waals surface area contributed by atoms with Crippen molar-refractivity contribution >= 4 is 11.9 Å². The monoisotopic (exact) mass is 253 g/mol. The van der Waals surface area contributed by atoms with Gasteiger partial charge in [0.1, 0.15) is 0 Å². The van der Waals surface area contributed by atoms with E-state index in [1.165, 1.54) is 6.07 Å². The van der Waals surface area contributed by atoms with Gasteiger partial charge in [0.05, 0.1) is 6.10 Å². The molecule has 1 aromatic heterocycles. The van der Waals surface area contributed by atoms with Gasteiger partial charge in [0.25, 0.3) is 0 Å². The Balaban J connectivity index is 2.73. The zero-order valence-electron chi connectivity index (χ0n) is 10.5. The molecule has 98 valence electrons. The molecule has 0 bridgehead atoms. The van der Waals surface area contributed by atoms with Crippen molar-refractivity contribution in [3.8, 4) is 5.75 Å². The molecule has 18 heavy (non-hydrogen) atoms. The molecular formula is C12H15NO5. The number of aromatic carboxylic acids is 1. The van der Waals surface area contributed by atoms with E-state index in [0.717, 1.165) is 0 Å². The minimum atomic E-state index is -1.20. The highest BCUT2D eigenvalue weighted by Crippen LogP contribution is 2.16. The molecule has 0 fully saturated rings. The molecule has 1 rings (SSSR count). The Morgan fingerprint density at radius 3 is 2.61 bits per heavy atom. The van der Waals surface area contributed by atoms with Gasteiger partial charge in [-0.2, -0.15) is 0 Å². The Morgan fingerprint density at radius 2 is 2.06 bits per heavy atom. The lowest BCUT2D eigenvalue weighted by Crippen LogP contribution is -2.19. The summed E-state index contributed by atoms with van der Waals surface area (Å²) < 4.78 is 9.96. The molecular weight excluding hydrogens is 238 g/mol. The molecule has 0 aliphatic heterocycles. The van der Waals surface area contributed by atoms with Crippen molar-refractivity contribution in [2.75, 3.05) is 6.61 Å². The number of hydrogen-bond donors (Lipinski definition) is 1. The lowest BCUT2D eigenvalue weighted by molar-refractivity contribution is -0.149. The number of carboxylic acid groups (broad SMARTS) is 1. The highest BCUT2D eigenvalue weighted by atomic mass is 16.6. The molecule has 0 aliphatic carbocycles. The maximum atomic E-state index is 11.3. The topological polar surface area (TPSA) is 85.7 Å². The largest absolute Gasteiger partial charge is 0.479 e. The van der Waals surface area contributed by atoms with E-state index in [1.54, 1.807) is 26.8 Å². The maximum Gasteiger partial charge on any atom is 0.358 e. The molecule has 0 aliphatic rings. The summed E-state index contributed by atoms with van der Waals surface area (Å²) in [6.07, 6.45) is -0.240. The molecule has 0 spiro atoms. The molecule has 0 radical (unpaired) electrons. The molecule has 1 aromatic rings. The number of hydrogen-bond acceptors (Lipinski definition) is 5. The van der Waals surface area contributed by atoms with Crippen LogP contribution in [0.4, 0.5) is 0 Å². The van der Waals surface area contributed by atoms with Crippen molar-refractivity contribution in [3.05, 3.63) is 23.5 Å². The van der Waals surface area contributed by atoms with E-state index in [1.807, 2.05) is 0 Å². The third kappa shape index (κ3) is 4.04. The van der Waals surface area contributed by atoms with E-state index in [0.29, 0.717) is 5.69 Å².